The van der Waals surface area contributed by atoms with Crippen LogP contribution in [0.1, 0.15) is 45.7 Å². The third-order valence-electron chi connectivity index (χ3n) is 2.61. The molecule has 1 heterocycles. The van der Waals surface area contributed by atoms with E-state index in [4.69, 9.17) is 11.6 Å². The second kappa shape index (κ2) is 7.51. The largest absolute Gasteiger partial charge is 0.591 e. The molecule has 1 atom stereocenters. The number of hydrogen-bond acceptors (Lipinski definition) is 3. The van der Waals surface area contributed by atoms with Crippen LogP contribution in [0.2, 0.25) is 5.02 Å². The molecule has 0 fully saturated rings. The number of hydrogen-bond donors (Lipinski definition) is 0. The summed E-state index contributed by atoms with van der Waals surface area (Å²) in [4.78, 5) is 3.65. The highest BCUT2D eigenvalue weighted by molar-refractivity contribution is 7.91. The van der Waals surface area contributed by atoms with Crippen LogP contribution in [0.25, 0.3) is 0 Å². The Kier molecular flexibility index (Phi) is 6.56. The van der Waals surface area contributed by atoms with Gasteiger partial charge in [0.25, 0.3) is 5.92 Å². The summed E-state index contributed by atoms with van der Waals surface area (Å²) in [6.07, 6.45) is 2.93. The fourth-order valence-electron chi connectivity index (χ4n) is 1.43. The van der Waals surface area contributed by atoms with Gasteiger partial charge in [-0.3, -0.25) is 4.98 Å². The van der Waals surface area contributed by atoms with Crippen molar-refractivity contribution >= 4 is 29.2 Å². The molecule has 21 heavy (non-hydrogen) atoms. The smallest absolute Gasteiger partial charge is 0.289 e. The summed E-state index contributed by atoms with van der Waals surface area (Å²) in [6.45, 7) is 5.41. The summed E-state index contributed by atoms with van der Waals surface area (Å²) >= 11 is 4.33. The third kappa shape index (κ3) is 6.28. The minimum Gasteiger partial charge on any atom is -0.591 e. The predicted octanol–water partition coefficient (Wildman–Crippen LogP) is 4.53. The Balaban J connectivity index is 2.46. The molecule has 0 aliphatic carbocycles. The Morgan fingerprint density at radius 3 is 2.67 bits per heavy atom. The van der Waals surface area contributed by atoms with Gasteiger partial charge in [-0.2, -0.15) is 8.78 Å². The van der Waals surface area contributed by atoms with Gasteiger partial charge in [-0.1, -0.05) is 16.0 Å². The second-order valence-electron chi connectivity index (χ2n) is 5.61. The molecule has 0 amide bonds. The lowest BCUT2D eigenvalue weighted by Gasteiger charge is -2.18. The Bertz CT molecular complexity index is 492. The van der Waals surface area contributed by atoms with Crippen molar-refractivity contribution < 1.29 is 13.3 Å². The maximum Gasteiger partial charge on any atom is 0.289 e. The van der Waals surface area contributed by atoms with Crippen molar-refractivity contribution in [2.45, 2.75) is 50.7 Å². The number of nitrogens with zero attached hydrogens (tertiary/aromatic N) is 2. The summed E-state index contributed by atoms with van der Waals surface area (Å²) in [5, 5.41) is 0.238. The summed E-state index contributed by atoms with van der Waals surface area (Å²) in [5.41, 5.74) is -0.329. The molecular formula is C14H19ClF2N2OS. The van der Waals surface area contributed by atoms with Crippen LogP contribution in [0, 0.1) is 0 Å². The molecule has 0 aromatic carbocycles. The summed E-state index contributed by atoms with van der Waals surface area (Å²) in [7, 11) is 0. The van der Waals surface area contributed by atoms with Crippen LogP contribution in [-0.2, 0) is 17.3 Å². The maximum atomic E-state index is 13.9. The van der Waals surface area contributed by atoms with E-state index in [1.807, 2.05) is 0 Å². The number of alkyl halides is 2. The van der Waals surface area contributed by atoms with Crippen molar-refractivity contribution in [1.82, 2.24) is 4.98 Å². The molecule has 0 aliphatic heterocycles. The zero-order chi connectivity index (χ0) is 16.1. The first-order valence-corrected chi connectivity index (χ1v) is 8.06. The molecule has 118 valence electrons. The molecular weight excluding hydrogens is 318 g/mol. The third-order valence-corrected chi connectivity index (χ3v) is 4.24. The van der Waals surface area contributed by atoms with Crippen LogP contribution in [0.3, 0.4) is 0 Å². The second-order valence-corrected chi connectivity index (χ2v) is 7.98. The predicted molar refractivity (Wildman–Crippen MR) is 83.4 cm³/mol. The normalized spacial score (nSPS) is 14.6. The molecule has 3 nitrogen and oxygen atoms in total. The van der Waals surface area contributed by atoms with Gasteiger partial charge in [-0.15, -0.1) is 0 Å². The molecule has 0 aliphatic rings. The van der Waals surface area contributed by atoms with Crippen LogP contribution < -0.4 is 0 Å². The van der Waals surface area contributed by atoms with Gasteiger partial charge < -0.3 is 4.55 Å². The van der Waals surface area contributed by atoms with Gasteiger partial charge in [0.2, 0.25) is 0 Å². The molecule has 0 radical (unpaired) electrons. The van der Waals surface area contributed by atoms with Crippen molar-refractivity contribution in [3.05, 3.63) is 29.0 Å². The molecule has 1 unspecified atom stereocenters. The van der Waals surface area contributed by atoms with E-state index in [0.29, 0.717) is 6.42 Å². The van der Waals surface area contributed by atoms with Crippen LogP contribution >= 0.6 is 11.6 Å². The van der Waals surface area contributed by atoms with Crippen molar-refractivity contribution in [3.8, 4) is 0 Å². The number of aromatic nitrogens is 1. The number of halogens is 3. The highest BCUT2D eigenvalue weighted by Gasteiger charge is 2.32. The number of rotatable bonds is 6. The molecule has 0 bridgehead atoms. The first-order chi connectivity index (χ1) is 9.63. The monoisotopic (exact) mass is 336 g/mol. The van der Waals surface area contributed by atoms with Gasteiger partial charge in [-0.25, -0.2) is 0 Å². The lowest BCUT2D eigenvalue weighted by Crippen LogP contribution is -2.25. The van der Waals surface area contributed by atoms with Crippen molar-refractivity contribution in [2.75, 3.05) is 0 Å². The average molecular weight is 337 g/mol. The van der Waals surface area contributed by atoms with Crippen LogP contribution in [0.4, 0.5) is 8.78 Å². The van der Waals surface area contributed by atoms with Gasteiger partial charge >= 0.3 is 0 Å². The zero-order valence-electron chi connectivity index (χ0n) is 12.3. The van der Waals surface area contributed by atoms with Crippen molar-refractivity contribution in [2.24, 2.45) is 4.40 Å². The Morgan fingerprint density at radius 1 is 1.43 bits per heavy atom. The van der Waals surface area contributed by atoms with E-state index in [1.54, 1.807) is 20.8 Å². The molecule has 0 N–H and O–H groups in total. The minimum absolute atomic E-state index is 0.228. The van der Waals surface area contributed by atoms with Crippen LogP contribution in [-0.4, -0.2) is 20.5 Å². The topological polar surface area (TPSA) is 48.3 Å². The van der Waals surface area contributed by atoms with Crippen LogP contribution in [0.15, 0.2) is 22.7 Å². The van der Waals surface area contributed by atoms with E-state index in [9.17, 15) is 13.3 Å². The Labute approximate surface area is 132 Å². The quantitative estimate of drug-likeness (QED) is 0.435. The van der Waals surface area contributed by atoms with Gasteiger partial charge in [0, 0.05) is 17.6 Å². The van der Waals surface area contributed by atoms with Crippen molar-refractivity contribution in [3.63, 3.8) is 0 Å². The molecule has 0 saturated heterocycles. The summed E-state index contributed by atoms with van der Waals surface area (Å²) in [5.74, 6) is -3.03. The van der Waals surface area contributed by atoms with E-state index in [2.05, 4.69) is 9.38 Å². The van der Waals surface area contributed by atoms with Crippen LogP contribution in [0.5, 0.6) is 0 Å². The van der Waals surface area contributed by atoms with E-state index in [-0.39, 0.29) is 23.6 Å². The fraction of sp³-hybridized carbons (Fsp3) is 0.571. The van der Waals surface area contributed by atoms with Gasteiger partial charge in [-0.05, 0) is 45.7 Å². The molecule has 0 saturated carbocycles. The minimum atomic E-state index is -3.03. The lowest BCUT2D eigenvalue weighted by molar-refractivity contribution is -0.0190. The van der Waals surface area contributed by atoms with E-state index < -0.39 is 22.0 Å². The first kappa shape index (κ1) is 18.3. The summed E-state index contributed by atoms with van der Waals surface area (Å²) in [6, 6.07) is 2.62. The average Bonchev–Trinajstić information content (AvgIpc) is 2.37. The SMILES string of the molecule is CC(C)(C)[S+]([O-])N=CCCCC(F)(F)c1cc(Cl)ccn1. The number of unbranched alkanes of at least 4 members (excludes halogenated alkanes) is 1. The van der Waals surface area contributed by atoms with Gasteiger partial charge in [0.15, 0.2) is 0 Å². The molecule has 7 heteroatoms. The molecule has 1 aromatic rings. The standard InChI is InChI=1S/C14H19ClF2N2OS/c1-13(2,3)21(20)19-8-5-4-7-14(16,17)12-10-11(15)6-9-18-12/h6,8-10H,4-5,7H2,1-3H3. The lowest BCUT2D eigenvalue weighted by atomic mass is 10.1. The molecule has 1 aromatic heterocycles. The molecule has 0 spiro atoms. The fourth-order valence-corrected chi connectivity index (χ4v) is 2.14. The first-order valence-electron chi connectivity index (χ1n) is 6.57. The Morgan fingerprint density at radius 2 is 2.10 bits per heavy atom. The van der Waals surface area contributed by atoms with E-state index >= 15 is 0 Å². The maximum absolute atomic E-state index is 13.9. The van der Waals surface area contributed by atoms with Gasteiger partial charge in [0.05, 0.1) is 6.21 Å². The Hall–Kier alpha value is -0.720. The zero-order valence-corrected chi connectivity index (χ0v) is 13.8. The highest BCUT2D eigenvalue weighted by Crippen LogP contribution is 2.32. The van der Waals surface area contributed by atoms with E-state index in [0.717, 1.165) is 0 Å². The highest BCUT2D eigenvalue weighted by atomic mass is 35.5. The number of pyridine rings is 1. The van der Waals surface area contributed by atoms with Crippen molar-refractivity contribution in [1.29, 1.82) is 0 Å². The molecule has 1 rings (SSSR count). The summed E-state index contributed by atoms with van der Waals surface area (Å²) < 4.78 is 42.8. The van der Waals surface area contributed by atoms with Gasteiger partial charge in [0.1, 0.15) is 21.8 Å². The van der Waals surface area contributed by atoms with E-state index in [1.165, 1.54) is 24.5 Å².